The summed E-state index contributed by atoms with van der Waals surface area (Å²) in [4.78, 5) is 17.8. The fourth-order valence-electron chi connectivity index (χ4n) is 4.23. The van der Waals surface area contributed by atoms with Crippen molar-refractivity contribution in [3.63, 3.8) is 0 Å². The van der Waals surface area contributed by atoms with Gasteiger partial charge in [-0.25, -0.2) is 0 Å². The number of methoxy groups -OCH3 is 3. The Bertz CT molecular complexity index is 853. The van der Waals surface area contributed by atoms with Gasteiger partial charge in [0, 0.05) is 6.54 Å². The largest absolute Gasteiger partial charge is 0.497 e. The van der Waals surface area contributed by atoms with Crippen molar-refractivity contribution in [2.45, 2.75) is 38.3 Å². The number of amides is 1. The lowest BCUT2D eigenvalue weighted by molar-refractivity contribution is -0.137. The summed E-state index contributed by atoms with van der Waals surface area (Å²) >= 11 is 0. The van der Waals surface area contributed by atoms with E-state index in [1.165, 1.54) is 6.42 Å². The molecule has 2 aromatic rings. The van der Waals surface area contributed by atoms with Gasteiger partial charge in [-0.3, -0.25) is 9.69 Å². The smallest absolute Gasteiger partial charge is 0.228 e. The Hall–Kier alpha value is -2.73. The highest BCUT2D eigenvalue weighted by Crippen LogP contribution is 2.26. The van der Waals surface area contributed by atoms with Gasteiger partial charge in [-0.15, -0.1) is 0 Å². The van der Waals surface area contributed by atoms with Gasteiger partial charge in [0.05, 0.1) is 33.9 Å². The predicted molar refractivity (Wildman–Crippen MR) is 122 cm³/mol. The van der Waals surface area contributed by atoms with Crippen LogP contribution >= 0.6 is 0 Å². The molecule has 1 aliphatic rings. The van der Waals surface area contributed by atoms with E-state index in [1.807, 2.05) is 47.4 Å². The van der Waals surface area contributed by atoms with Gasteiger partial charge in [0.25, 0.3) is 0 Å². The minimum atomic E-state index is 0.121. The van der Waals surface area contributed by atoms with Crippen LogP contribution in [0, 0.1) is 0 Å². The van der Waals surface area contributed by atoms with Gasteiger partial charge in [-0.1, -0.05) is 12.1 Å². The van der Waals surface area contributed by atoms with E-state index >= 15 is 0 Å². The maximum absolute atomic E-state index is 13.4. The molecule has 1 atom stereocenters. The van der Waals surface area contributed by atoms with Gasteiger partial charge in [0.15, 0.2) is 0 Å². The first-order chi connectivity index (χ1) is 15.0. The Morgan fingerprint density at radius 3 is 2.35 bits per heavy atom. The molecular formula is C25H34N2O4. The molecule has 0 aromatic heterocycles. The van der Waals surface area contributed by atoms with Crippen molar-refractivity contribution >= 4 is 5.91 Å². The quantitative estimate of drug-likeness (QED) is 0.611. The Morgan fingerprint density at radius 2 is 1.71 bits per heavy atom. The lowest BCUT2D eigenvalue weighted by Crippen LogP contribution is -2.52. The van der Waals surface area contributed by atoms with Crippen molar-refractivity contribution in [3.8, 4) is 17.2 Å². The van der Waals surface area contributed by atoms with Crippen molar-refractivity contribution < 1.29 is 19.0 Å². The number of ether oxygens (including phenoxy) is 3. The number of rotatable bonds is 9. The third-order valence-electron chi connectivity index (χ3n) is 6.04. The molecule has 2 aromatic carbocycles. The molecule has 0 spiro atoms. The monoisotopic (exact) mass is 426 g/mol. The number of piperidine rings is 1. The summed E-state index contributed by atoms with van der Waals surface area (Å²) in [5, 5.41) is 0. The summed E-state index contributed by atoms with van der Waals surface area (Å²) in [6, 6.07) is 13.5. The molecule has 1 unspecified atom stereocenters. The molecule has 0 aliphatic carbocycles. The Kier molecular flexibility index (Phi) is 8.18. The minimum Gasteiger partial charge on any atom is -0.497 e. The van der Waals surface area contributed by atoms with Crippen LogP contribution in [0.3, 0.4) is 0 Å². The molecular weight excluding hydrogens is 392 g/mol. The number of hydrogen-bond donors (Lipinski definition) is 0. The van der Waals surface area contributed by atoms with Gasteiger partial charge in [0.1, 0.15) is 17.2 Å². The summed E-state index contributed by atoms with van der Waals surface area (Å²) in [7, 11) is 7.09. The summed E-state index contributed by atoms with van der Waals surface area (Å²) in [6.07, 6.45) is 4.53. The number of carbonyl (C=O) groups excluding carboxylic acids is 1. The van der Waals surface area contributed by atoms with Gasteiger partial charge < -0.3 is 19.1 Å². The molecule has 1 fully saturated rings. The van der Waals surface area contributed by atoms with Gasteiger partial charge in [0.2, 0.25) is 5.91 Å². The average Bonchev–Trinajstić information content (AvgIpc) is 2.80. The molecule has 1 amide bonds. The SMILES string of the molecule is COc1ccc(CC(=O)N(CCc2cc(OC)ccc2OC)C2CCCCN2C)cc1. The first-order valence-corrected chi connectivity index (χ1v) is 10.9. The van der Waals surface area contributed by atoms with Crippen LogP contribution in [0.15, 0.2) is 42.5 Å². The summed E-state index contributed by atoms with van der Waals surface area (Å²) in [6.45, 7) is 1.65. The Labute approximate surface area is 185 Å². The highest BCUT2D eigenvalue weighted by Gasteiger charge is 2.29. The number of nitrogens with zero attached hydrogens (tertiary/aromatic N) is 2. The molecule has 6 heteroatoms. The third kappa shape index (κ3) is 5.91. The van der Waals surface area contributed by atoms with Crippen molar-refractivity contribution in [1.29, 1.82) is 0 Å². The molecule has 1 heterocycles. The second-order valence-electron chi connectivity index (χ2n) is 8.00. The molecule has 0 radical (unpaired) electrons. The highest BCUT2D eigenvalue weighted by atomic mass is 16.5. The van der Waals surface area contributed by atoms with Crippen LogP contribution in [-0.4, -0.2) is 63.3 Å². The fraction of sp³-hybridized carbons (Fsp3) is 0.480. The molecule has 0 saturated carbocycles. The van der Waals surface area contributed by atoms with E-state index in [9.17, 15) is 4.79 Å². The molecule has 1 aliphatic heterocycles. The lowest BCUT2D eigenvalue weighted by Gasteiger charge is -2.41. The third-order valence-corrected chi connectivity index (χ3v) is 6.04. The van der Waals surface area contributed by atoms with Crippen LogP contribution in [-0.2, 0) is 17.6 Å². The second-order valence-corrected chi connectivity index (χ2v) is 8.00. The molecule has 3 rings (SSSR count). The highest BCUT2D eigenvalue weighted by molar-refractivity contribution is 5.79. The molecule has 0 N–H and O–H groups in total. The van der Waals surface area contributed by atoms with Crippen molar-refractivity contribution in [1.82, 2.24) is 9.80 Å². The van der Waals surface area contributed by atoms with Gasteiger partial charge in [-0.2, -0.15) is 0 Å². The van der Waals surface area contributed by atoms with E-state index in [4.69, 9.17) is 14.2 Å². The van der Waals surface area contributed by atoms with Gasteiger partial charge in [-0.05, 0) is 80.7 Å². The van der Waals surface area contributed by atoms with Crippen LogP contribution < -0.4 is 14.2 Å². The normalized spacial score (nSPS) is 16.6. The molecule has 0 bridgehead atoms. The molecule has 6 nitrogen and oxygen atoms in total. The number of carbonyl (C=O) groups is 1. The first kappa shape index (κ1) is 22.9. The Balaban J connectivity index is 1.78. The van der Waals surface area contributed by atoms with Crippen molar-refractivity contribution in [3.05, 3.63) is 53.6 Å². The number of likely N-dealkylation sites (tertiary alicyclic amines) is 1. The lowest BCUT2D eigenvalue weighted by atomic mass is 10.0. The fourth-order valence-corrected chi connectivity index (χ4v) is 4.23. The van der Waals surface area contributed by atoms with E-state index < -0.39 is 0 Å². The number of benzene rings is 2. The topological polar surface area (TPSA) is 51.2 Å². The van der Waals surface area contributed by atoms with E-state index in [0.717, 1.165) is 47.8 Å². The van der Waals surface area contributed by atoms with Crippen LogP contribution in [0.4, 0.5) is 0 Å². The number of hydrogen-bond acceptors (Lipinski definition) is 5. The van der Waals surface area contributed by atoms with Crippen LogP contribution in [0.2, 0.25) is 0 Å². The summed E-state index contributed by atoms with van der Waals surface area (Å²) < 4.78 is 16.2. The minimum absolute atomic E-state index is 0.121. The zero-order chi connectivity index (χ0) is 22.2. The average molecular weight is 427 g/mol. The predicted octanol–water partition coefficient (Wildman–Crippen LogP) is 3.77. The van der Waals surface area contributed by atoms with E-state index in [0.29, 0.717) is 19.4 Å². The van der Waals surface area contributed by atoms with Crippen molar-refractivity contribution in [2.24, 2.45) is 0 Å². The van der Waals surface area contributed by atoms with E-state index in [1.54, 1.807) is 21.3 Å². The first-order valence-electron chi connectivity index (χ1n) is 10.9. The van der Waals surface area contributed by atoms with Gasteiger partial charge >= 0.3 is 0 Å². The maximum atomic E-state index is 13.4. The standard InChI is InChI=1S/C25H34N2O4/c1-26-15-6-5-7-24(26)27(25(28)17-19-8-10-21(29-2)11-9-19)16-14-20-18-22(30-3)12-13-23(20)31-4/h8-13,18,24H,5-7,14-17H2,1-4H3. The maximum Gasteiger partial charge on any atom is 0.228 e. The Morgan fingerprint density at radius 1 is 1.00 bits per heavy atom. The van der Waals surface area contributed by atoms with Crippen LogP contribution in [0.5, 0.6) is 17.2 Å². The van der Waals surface area contributed by atoms with Crippen LogP contribution in [0.25, 0.3) is 0 Å². The molecule has 31 heavy (non-hydrogen) atoms. The van der Waals surface area contributed by atoms with Crippen LogP contribution in [0.1, 0.15) is 30.4 Å². The zero-order valence-electron chi connectivity index (χ0n) is 19.1. The zero-order valence-corrected chi connectivity index (χ0v) is 19.1. The second kappa shape index (κ2) is 11.0. The van der Waals surface area contributed by atoms with E-state index in [-0.39, 0.29) is 12.1 Å². The molecule has 1 saturated heterocycles. The molecule has 168 valence electrons. The van der Waals surface area contributed by atoms with Crippen molar-refractivity contribution in [2.75, 3.05) is 41.5 Å². The van der Waals surface area contributed by atoms with E-state index in [2.05, 4.69) is 11.9 Å². The summed E-state index contributed by atoms with van der Waals surface area (Å²) in [5.41, 5.74) is 2.04. The summed E-state index contributed by atoms with van der Waals surface area (Å²) in [5.74, 6) is 2.55.